The zero-order valence-electron chi connectivity index (χ0n) is 15.5. The highest BCUT2D eigenvalue weighted by atomic mass is 35.5. The summed E-state index contributed by atoms with van der Waals surface area (Å²) in [7, 11) is 5.72. The number of aromatic nitrogens is 1. The second-order valence-electron chi connectivity index (χ2n) is 6.80. The van der Waals surface area contributed by atoms with E-state index in [2.05, 4.69) is 15.6 Å². The fourth-order valence-corrected chi connectivity index (χ4v) is 3.62. The molecule has 0 spiro atoms. The van der Waals surface area contributed by atoms with Gasteiger partial charge in [-0.15, -0.1) is 0 Å². The molecule has 2 N–H and O–H groups in total. The number of hydrogen-bond donors (Lipinski definition) is 2. The smallest absolute Gasteiger partial charge is 0.220 e. The number of halogens is 1. The minimum Gasteiger partial charge on any atom is -0.354 e. The molecule has 0 aromatic carbocycles. The standard InChI is InChI=1S/C18H30ClN5O/c1-20-18(24(3)13-16-11-15(19)12-23(16)2)22-9-8-21-17(25)10-14-6-4-5-7-14/h11-12,14H,4-10,13H2,1-3H3,(H,20,22)(H,21,25). The lowest BCUT2D eigenvalue weighted by atomic mass is 10.0. The molecule has 140 valence electrons. The van der Waals surface area contributed by atoms with Gasteiger partial charge >= 0.3 is 0 Å². The van der Waals surface area contributed by atoms with Crippen LogP contribution in [0.15, 0.2) is 17.3 Å². The summed E-state index contributed by atoms with van der Waals surface area (Å²) < 4.78 is 2.01. The summed E-state index contributed by atoms with van der Waals surface area (Å²) in [4.78, 5) is 18.3. The Morgan fingerprint density at radius 2 is 2.04 bits per heavy atom. The van der Waals surface area contributed by atoms with Crippen molar-refractivity contribution < 1.29 is 4.79 Å². The Morgan fingerprint density at radius 3 is 2.64 bits per heavy atom. The van der Waals surface area contributed by atoms with Crippen LogP contribution in [-0.4, -0.2) is 48.5 Å². The molecule has 7 heteroatoms. The van der Waals surface area contributed by atoms with Crippen LogP contribution >= 0.6 is 11.6 Å². The van der Waals surface area contributed by atoms with Crippen LogP contribution in [0.2, 0.25) is 5.02 Å². The van der Waals surface area contributed by atoms with E-state index >= 15 is 0 Å². The number of carbonyl (C=O) groups is 1. The molecule has 2 rings (SSSR count). The van der Waals surface area contributed by atoms with Crippen LogP contribution in [0, 0.1) is 5.92 Å². The number of hydrogen-bond acceptors (Lipinski definition) is 2. The summed E-state index contributed by atoms with van der Waals surface area (Å²) in [6.07, 6.45) is 7.51. The van der Waals surface area contributed by atoms with Crippen LogP contribution in [0.5, 0.6) is 0 Å². The highest BCUT2D eigenvalue weighted by Gasteiger charge is 2.18. The Labute approximate surface area is 155 Å². The van der Waals surface area contributed by atoms with Gasteiger partial charge in [-0.1, -0.05) is 24.4 Å². The predicted molar refractivity (Wildman–Crippen MR) is 103 cm³/mol. The molecule has 1 aromatic rings. The SMILES string of the molecule is CN=C(NCCNC(=O)CC1CCCC1)N(C)Cc1cc(Cl)cn1C. The maximum Gasteiger partial charge on any atom is 0.220 e. The molecule has 0 atom stereocenters. The van der Waals surface area contributed by atoms with Crippen LogP contribution < -0.4 is 10.6 Å². The van der Waals surface area contributed by atoms with E-state index < -0.39 is 0 Å². The van der Waals surface area contributed by atoms with Crippen molar-refractivity contribution in [3.63, 3.8) is 0 Å². The lowest BCUT2D eigenvalue weighted by Gasteiger charge is -2.22. The average molecular weight is 368 g/mol. The fourth-order valence-electron chi connectivity index (χ4n) is 3.35. The maximum absolute atomic E-state index is 11.9. The van der Waals surface area contributed by atoms with Crippen molar-refractivity contribution in [2.45, 2.75) is 38.6 Å². The maximum atomic E-state index is 11.9. The van der Waals surface area contributed by atoms with Crippen molar-refractivity contribution in [2.75, 3.05) is 27.2 Å². The predicted octanol–water partition coefficient (Wildman–Crippen LogP) is 2.38. The largest absolute Gasteiger partial charge is 0.354 e. The van der Waals surface area contributed by atoms with Gasteiger partial charge in [-0.05, 0) is 24.8 Å². The van der Waals surface area contributed by atoms with Crippen molar-refractivity contribution in [2.24, 2.45) is 18.0 Å². The first kappa shape index (κ1) is 19.6. The van der Waals surface area contributed by atoms with Crippen LogP contribution in [0.3, 0.4) is 0 Å². The van der Waals surface area contributed by atoms with Gasteiger partial charge in [0.2, 0.25) is 5.91 Å². The normalized spacial score (nSPS) is 15.4. The first-order valence-electron chi connectivity index (χ1n) is 8.98. The first-order valence-corrected chi connectivity index (χ1v) is 9.36. The molecule has 1 aliphatic rings. The van der Waals surface area contributed by atoms with E-state index in [1.54, 1.807) is 7.05 Å². The number of nitrogens with one attached hydrogen (secondary N) is 2. The van der Waals surface area contributed by atoms with E-state index in [0.29, 0.717) is 32.0 Å². The summed E-state index contributed by atoms with van der Waals surface area (Å²) in [5.41, 5.74) is 1.11. The summed E-state index contributed by atoms with van der Waals surface area (Å²) in [6, 6.07) is 1.95. The Bertz CT molecular complexity index is 592. The highest BCUT2D eigenvalue weighted by Crippen LogP contribution is 2.27. The number of rotatable bonds is 7. The second-order valence-corrected chi connectivity index (χ2v) is 7.23. The van der Waals surface area contributed by atoms with Gasteiger partial charge in [0.15, 0.2) is 5.96 Å². The molecule has 0 unspecified atom stereocenters. The minimum atomic E-state index is 0.162. The molecule has 1 saturated carbocycles. The van der Waals surface area contributed by atoms with E-state index in [0.717, 1.165) is 16.7 Å². The number of carbonyl (C=O) groups excluding carboxylic acids is 1. The lowest BCUT2D eigenvalue weighted by Crippen LogP contribution is -2.42. The molecule has 1 amide bonds. The molecule has 0 aliphatic heterocycles. The van der Waals surface area contributed by atoms with Crippen molar-refractivity contribution in [3.05, 3.63) is 23.0 Å². The van der Waals surface area contributed by atoms with Crippen LogP contribution in [0.4, 0.5) is 0 Å². The molecule has 1 aliphatic carbocycles. The van der Waals surface area contributed by atoms with Gasteiger partial charge in [-0.25, -0.2) is 0 Å². The van der Waals surface area contributed by atoms with Crippen LogP contribution in [0.1, 0.15) is 37.8 Å². The summed E-state index contributed by atoms with van der Waals surface area (Å²) >= 11 is 6.03. The van der Waals surface area contributed by atoms with Crippen LogP contribution in [-0.2, 0) is 18.4 Å². The number of amides is 1. The minimum absolute atomic E-state index is 0.162. The molecule has 25 heavy (non-hydrogen) atoms. The zero-order chi connectivity index (χ0) is 18.2. The van der Waals surface area contributed by atoms with Gasteiger partial charge in [0.25, 0.3) is 0 Å². The third kappa shape index (κ3) is 6.27. The zero-order valence-corrected chi connectivity index (χ0v) is 16.3. The van der Waals surface area contributed by atoms with Crippen LogP contribution in [0.25, 0.3) is 0 Å². The van der Waals surface area contributed by atoms with Gasteiger partial charge in [-0.2, -0.15) is 0 Å². The topological polar surface area (TPSA) is 61.7 Å². The van der Waals surface area contributed by atoms with E-state index in [1.807, 2.05) is 35.8 Å². The Balaban J connectivity index is 1.68. The third-order valence-electron chi connectivity index (χ3n) is 4.73. The van der Waals surface area contributed by atoms with Gasteiger partial charge < -0.3 is 20.1 Å². The molecule has 0 radical (unpaired) electrons. The first-order chi connectivity index (χ1) is 12.0. The van der Waals surface area contributed by atoms with E-state index in [1.165, 1.54) is 25.7 Å². The summed E-state index contributed by atoms with van der Waals surface area (Å²) in [5, 5.41) is 7.01. The molecule has 1 heterocycles. The molecule has 6 nitrogen and oxygen atoms in total. The summed E-state index contributed by atoms with van der Waals surface area (Å²) in [6.45, 7) is 1.96. The van der Waals surface area contributed by atoms with Crippen molar-refractivity contribution in [3.8, 4) is 0 Å². The molecule has 1 fully saturated rings. The summed E-state index contributed by atoms with van der Waals surface area (Å²) in [5.74, 6) is 1.54. The average Bonchev–Trinajstić information content (AvgIpc) is 3.17. The molecular formula is C18H30ClN5O. The Kier molecular flexibility index (Phi) is 7.62. The monoisotopic (exact) mass is 367 g/mol. The van der Waals surface area contributed by atoms with E-state index in [9.17, 15) is 4.79 Å². The number of aryl methyl sites for hydroxylation is 1. The van der Waals surface area contributed by atoms with E-state index in [-0.39, 0.29) is 5.91 Å². The molecule has 0 saturated heterocycles. The quantitative estimate of drug-likeness (QED) is 0.442. The number of nitrogens with zero attached hydrogens (tertiary/aromatic N) is 3. The number of guanidine groups is 1. The van der Waals surface area contributed by atoms with Gasteiger partial charge in [0.05, 0.1) is 11.6 Å². The van der Waals surface area contributed by atoms with Crippen molar-refractivity contribution in [1.82, 2.24) is 20.1 Å². The Hall–Kier alpha value is -1.69. The molecule has 0 bridgehead atoms. The van der Waals surface area contributed by atoms with Gasteiger partial charge in [0.1, 0.15) is 0 Å². The van der Waals surface area contributed by atoms with Gasteiger partial charge in [0, 0.05) is 52.5 Å². The highest BCUT2D eigenvalue weighted by molar-refractivity contribution is 6.30. The van der Waals surface area contributed by atoms with Gasteiger partial charge in [-0.3, -0.25) is 9.79 Å². The second kappa shape index (κ2) is 9.70. The third-order valence-corrected chi connectivity index (χ3v) is 4.93. The number of aliphatic imine (C=N–C) groups is 1. The lowest BCUT2D eigenvalue weighted by molar-refractivity contribution is -0.121. The molecule has 1 aromatic heterocycles. The fraction of sp³-hybridized carbons (Fsp3) is 0.667. The Morgan fingerprint density at radius 1 is 1.36 bits per heavy atom. The van der Waals surface area contributed by atoms with E-state index in [4.69, 9.17) is 11.6 Å². The van der Waals surface area contributed by atoms with Crippen molar-refractivity contribution in [1.29, 1.82) is 0 Å². The molecular weight excluding hydrogens is 338 g/mol. The van der Waals surface area contributed by atoms with Crippen molar-refractivity contribution >= 4 is 23.5 Å².